The lowest BCUT2D eigenvalue weighted by molar-refractivity contribution is -0.129. The Hall–Kier alpha value is -2.29. The van der Waals surface area contributed by atoms with Crippen LogP contribution in [-0.2, 0) is 17.6 Å². The second-order valence-electron chi connectivity index (χ2n) is 5.90. The predicted molar refractivity (Wildman–Crippen MR) is 93.8 cm³/mol. The van der Waals surface area contributed by atoms with Crippen molar-refractivity contribution in [1.82, 2.24) is 4.90 Å². The number of benzene rings is 2. The second-order valence-corrected chi connectivity index (χ2v) is 5.90. The van der Waals surface area contributed by atoms with Crippen LogP contribution >= 0.6 is 0 Å². The summed E-state index contributed by atoms with van der Waals surface area (Å²) in [6, 6.07) is 16.4. The molecule has 0 spiro atoms. The van der Waals surface area contributed by atoms with Gasteiger partial charge in [0.1, 0.15) is 5.75 Å². The lowest BCUT2D eigenvalue weighted by Crippen LogP contribution is -2.29. The minimum absolute atomic E-state index is 0.194. The van der Waals surface area contributed by atoms with E-state index in [2.05, 4.69) is 31.2 Å². The van der Waals surface area contributed by atoms with Crippen LogP contribution in [0.15, 0.2) is 48.5 Å². The number of amides is 1. The smallest absolute Gasteiger partial charge is 0.222 e. The highest BCUT2D eigenvalue weighted by Crippen LogP contribution is 2.12. The number of aryl methyl sites for hydroxylation is 2. The van der Waals surface area contributed by atoms with Gasteiger partial charge < -0.3 is 9.64 Å². The van der Waals surface area contributed by atoms with Gasteiger partial charge in [0.15, 0.2) is 0 Å². The first-order valence-corrected chi connectivity index (χ1v) is 8.01. The van der Waals surface area contributed by atoms with Crippen LogP contribution in [0.3, 0.4) is 0 Å². The van der Waals surface area contributed by atoms with Crippen LogP contribution in [0, 0.1) is 6.92 Å². The molecule has 0 radical (unpaired) electrons. The van der Waals surface area contributed by atoms with Crippen LogP contribution in [0.25, 0.3) is 0 Å². The Labute approximate surface area is 138 Å². The number of nitrogens with zero attached hydrogens (tertiary/aromatic N) is 1. The molecule has 0 fully saturated rings. The Balaban J connectivity index is 1.76. The quantitative estimate of drug-likeness (QED) is 0.781. The van der Waals surface area contributed by atoms with Crippen molar-refractivity contribution in [2.45, 2.75) is 26.2 Å². The van der Waals surface area contributed by atoms with Gasteiger partial charge in [0.2, 0.25) is 5.91 Å². The van der Waals surface area contributed by atoms with Crippen LogP contribution in [0.4, 0.5) is 0 Å². The molecule has 0 N–H and O–H groups in total. The number of methoxy groups -OCH3 is 1. The summed E-state index contributed by atoms with van der Waals surface area (Å²) < 4.78 is 5.15. The fraction of sp³-hybridized carbons (Fsp3) is 0.350. The molecule has 0 bridgehead atoms. The third-order valence-electron chi connectivity index (χ3n) is 4.07. The summed E-state index contributed by atoms with van der Waals surface area (Å²) in [5.74, 6) is 1.05. The molecule has 0 aliphatic rings. The van der Waals surface area contributed by atoms with Gasteiger partial charge in [0, 0.05) is 20.0 Å². The van der Waals surface area contributed by atoms with Crippen LogP contribution in [0.2, 0.25) is 0 Å². The maximum absolute atomic E-state index is 12.2. The maximum Gasteiger partial charge on any atom is 0.222 e. The van der Waals surface area contributed by atoms with E-state index in [0.717, 1.165) is 25.1 Å². The minimum Gasteiger partial charge on any atom is -0.497 e. The van der Waals surface area contributed by atoms with Gasteiger partial charge in [-0.25, -0.2) is 0 Å². The molecule has 122 valence electrons. The van der Waals surface area contributed by atoms with Gasteiger partial charge in [-0.15, -0.1) is 0 Å². The zero-order valence-electron chi connectivity index (χ0n) is 14.2. The summed E-state index contributed by atoms with van der Waals surface area (Å²) in [6.45, 7) is 2.81. The topological polar surface area (TPSA) is 29.5 Å². The standard InChI is InChI=1S/C20H25NO2/c1-16-4-6-17(7-5-16)10-13-20(22)21(2)15-14-18-8-11-19(23-3)12-9-18/h4-9,11-12H,10,13-15H2,1-3H3. The van der Waals surface area contributed by atoms with Crippen LogP contribution in [0.1, 0.15) is 23.1 Å². The Bertz CT molecular complexity index is 617. The fourth-order valence-electron chi connectivity index (χ4n) is 2.41. The second kappa shape index (κ2) is 8.37. The highest BCUT2D eigenvalue weighted by Gasteiger charge is 2.09. The van der Waals surface area contributed by atoms with E-state index in [1.165, 1.54) is 16.7 Å². The normalized spacial score (nSPS) is 10.4. The van der Waals surface area contributed by atoms with Crippen molar-refractivity contribution in [3.63, 3.8) is 0 Å². The van der Waals surface area contributed by atoms with Crippen molar-refractivity contribution < 1.29 is 9.53 Å². The predicted octanol–water partition coefficient (Wildman–Crippen LogP) is 3.64. The van der Waals surface area contributed by atoms with Crippen molar-refractivity contribution in [3.05, 3.63) is 65.2 Å². The summed E-state index contributed by atoms with van der Waals surface area (Å²) in [7, 11) is 3.54. The number of likely N-dealkylation sites (N-methyl/N-ethyl adjacent to an activating group) is 1. The number of carbonyl (C=O) groups is 1. The first-order valence-electron chi connectivity index (χ1n) is 8.01. The molecule has 0 aliphatic heterocycles. The van der Waals surface area contributed by atoms with Crippen molar-refractivity contribution in [2.75, 3.05) is 20.7 Å². The molecule has 1 amide bonds. The van der Waals surface area contributed by atoms with E-state index in [-0.39, 0.29) is 5.91 Å². The molecule has 0 aliphatic carbocycles. The third-order valence-corrected chi connectivity index (χ3v) is 4.07. The fourth-order valence-corrected chi connectivity index (χ4v) is 2.41. The number of rotatable bonds is 7. The van der Waals surface area contributed by atoms with Crippen molar-refractivity contribution >= 4 is 5.91 Å². The molecule has 3 heteroatoms. The summed E-state index contributed by atoms with van der Waals surface area (Å²) in [4.78, 5) is 14.0. The number of carbonyl (C=O) groups excluding carboxylic acids is 1. The maximum atomic E-state index is 12.2. The Morgan fingerprint density at radius 3 is 2.13 bits per heavy atom. The molecular weight excluding hydrogens is 286 g/mol. The molecule has 0 unspecified atom stereocenters. The minimum atomic E-state index is 0.194. The monoisotopic (exact) mass is 311 g/mol. The van der Waals surface area contributed by atoms with E-state index < -0.39 is 0 Å². The van der Waals surface area contributed by atoms with E-state index in [1.54, 1.807) is 7.11 Å². The Morgan fingerprint density at radius 2 is 1.52 bits per heavy atom. The molecular formula is C20H25NO2. The van der Waals surface area contributed by atoms with Gasteiger partial charge in [0.05, 0.1) is 7.11 Å². The largest absolute Gasteiger partial charge is 0.497 e. The van der Waals surface area contributed by atoms with Gasteiger partial charge in [-0.05, 0) is 43.0 Å². The Kier molecular flexibility index (Phi) is 6.21. The summed E-state index contributed by atoms with van der Waals surface area (Å²) >= 11 is 0. The summed E-state index contributed by atoms with van der Waals surface area (Å²) in [5, 5.41) is 0. The molecule has 0 heterocycles. The summed E-state index contributed by atoms with van der Waals surface area (Å²) in [5.41, 5.74) is 3.67. The number of hydrogen-bond donors (Lipinski definition) is 0. The molecule has 2 aromatic rings. The zero-order chi connectivity index (χ0) is 16.7. The average Bonchev–Trinajstić information content (AvgIpc) is 2.59. The van der Waals surface area contributed by atoms with Gasteiger partial charge >= 0.3 is 0 Å². The van der Waals surface area contributed by atoms with Crippen molar-refractivity contribution in [1.29, 1.82) is 0 Å². The molecule has 0 saturated carbocycles. The molecule has 0 aromatic heterocycles. The number of ether oxygens (including phenoxy) is 1. The Morgan fingerprint density at radius 1 is 0.957 bits per heavy atom. The zero-order valence-corrected chi connectivity index (χ0v) is 14.2. The lowest BCUT2D eigenvalue weighted by atomic mass is 10.1. The van der Waals surface area contributed by atoms with Crippen LogP contribution in [0.5, 0.6) is 5.75 Å². The van der Waals surface area contributed by atoms with E-state index in [4.69, 9.17) is 4.74 Å². The molecule has 0 atom stereocenters. The van der Waals surface area contributed by atoms with E-state index in [9.17, 15) is 4.79 Å². The first-order chi connectivity index (χ1) is 11.1. The molecule has 0 saturated heterocycles. The van der Waals surface area contributed by atoms with Gasteiger partial charge in [-0.3, -0.25) is 4.79 Å². The van der Waals surface area contributed by atoms with Crippen LogP contribution < -0.4 is 4.74 Å². The van der Waals surface area contributed by atoms with Gasteiger partial charge in [-0.2, -0.15) is 0 Å². The van der Waals surface area contributed by atoms with Crippen molar-refractivity contribution in [3.8, 4) is 5.75 Å². The molecule has 3 nitrogen and oxygen atoms in total. The summed E-state index contributed by atoms with van der Waals surface area (Å²) in [6.07, 6.45) is 2.21. The van der Waals surface area contributed by atoms with Gasteiger partial charge in [-0.1, -0.05) is 42.0 Å². The van der Waals surface area contributed by atoms with E-state index in [1.807, 2.05) is 36.2 Å². The van der Waals surface area contributed by atoms with Crippen molar-refractivity contribution in [2.24, 2.45) is 0 Å². The highest BCUT2D eigenvalue weighted by molar-refractivity contribution is 5.76. The highest BCUT2D eigenvalue weighted by atomic mass is 16.5. The van der Waals surface area contributed by atoms with E-state index >= 15 is 0 Å². The molecule has 2 aromatic carbocycles. The van der Waals surface area contributed by atoms with Crippen LogP contribution in [-0.4, -0.2) is 31.5 Å². The SMILES string of the molecule is COc1ccc(CCN(C)C(=O)CCc2ccc(C)cc2)cc1. The average molecular weight is 311 g/mol. The molecule has 23 heavy (non-hydrogen) atoms. The molecule has 2 rings (SSSR count). The van der Waals surface area contributed by atoms with E-state index in [0.29, 0.717) is 6.42 Å². The number of hydrogen-bond acceptors (Lipinski definition) is 2. The third kappa shape index (κ3) is 5.44. The lowest BCUT2D eigenvalue weighted by Gasteiger charge is -2.17. The van der Waals surface area contributed by atoms with Gasteiger partial charge in [0.25, 0.3) is 0 Å². The first kappa shape index (κ1) is 17.1.